The first-order valence-electron chi connectivity index (χ1n) is 21.4. The van der Waals surface area contributed by atoms with Crippen LogP contribution in [0.15, 0.2) is 0 Å². The Morgan fingerprint density at radius 2 is 1.53 bits per heavy atom. The fourth-order valence-corrected chi connectivity index (χ4v) is 9.27. The van der Waals surface area contributed by atoms with Crippen molar-refractivity contribution in [3.05, 3.63) is 0 Å². The summed E-state index contributed by atoms with van der Waals surface area (Å²) in [5, 5.41) is 73.4. The zero-order valence-corrected chi connectivity index (χ0v) is 38.0. The van der Waals surface area contributed by atoms with Gasteiger partial charge in [-0.05, 0) is 80.8 Å². The number of esters is 1. The van der Waals surface area contributed by atoms with Gasteiger partial charge in [0.15, 0.2) is 12.6 Å². The minimum Gasteiger partial charge on any atom is -0.459 e. The third-order valence-electron chi connectivity index (χ3n) is 13.3. The molecule has 17 heteroatoms. The first kappa shape index (κ1) is 51.8. The number of hydrogen-bond donors (Lipinski definition) is 7. The van der Waals surface area contributed by atoms with Crippen LogP contribution >= 0.6 is 0 Å². The van der Waals surface area contributed by atoms with E-state index in [-0.39, 0.29) is 31.7 Å². The van der Waals surface area contributed by atoms with Gasteiger partial charge in [-0.2, -0.15) is 0 Å². The molecular weight excluding hydrogens is 770 g/mol. The van der Waals surface area contributed by atoms with Gasteiger partial charge in [0, 0.05) is 45.5 Å². The first-order chi connectivity index (χ1) is 27.2. The van der Waals surface area contributed by atoms with Crippen LogP contribution in [0.3, 0.4) is 0 Å². The number of carbonyl (C=O) groups is 2. The van der Waals surface area contributed by atoms with E-state index in [9.17, 15) is 40.2 Å². The van der Waals surface area contributed by atoms with Crippen molar-refractivity contribution in [2.45, 2.75) is 185 Å². The number of likely N-dealkylation sites (N-methyl/N-ethyl adjacent to an activating group) is 2. The lowest BCUT2D eigenvalue weighted by Gasteiger charge is -2.49. The number of rotatable bonds is 12. The molecule has 7 N–H and O–H groups in total. The molecule has 3 heterocycles. The maximum Gasteiger partial charge on any atom is 0.311 e. The molecule has 0 aromatic carbocycles. The second-order valence-electron chi connectivity index (χ2n) is 18.7. The summed E-state index contributed by atoms with van der Waals surface area (Å²) in [6, 6.07) is -0.719. The van der Waals surface area contributed by atoms with Crippen molar-refractivity contribution < 1.29 is 68.6 Å². The largest absolute Gasteiger partial charge is 0.459 e. The number of aliphatic hydroxyl groups excluding tert-OH is 4. The highest BCUT2D eigenvalue weighted by Gasteiger charge is 2.53. The van der Waals surface area contributed by atoms with Gasteiger partial charge in [-0.3, -0.25) is 9.59 Å². The van der Waals surface area contributed by atoms with Gasteiger partial charge in [0.2, 0.25) is 5.91 Å². The van der Waals surface area contributed by atoms with Gasteiger partial charge in [-0.15, -0.1) is 0 Å². The summed E-state index contributed by atoms with van der Waals surface area (Å²) in [4.78, 5) is 31.1. The maximum atomic E-state index is 14.2. The highest BCUT2D eigenvalue weighted by Crippen LogP contribution is 2.41. The van der Waals surface area contributed by atoms with Crippen LogP contribution in [-0.2, 0) is 38.0 Å². The van der Waals surface area contributed by atoms with Crippen LogP contribution in [0.1, 0.15) is 94.9 Å². The molecule has 17 nitrogen and oxygen atoms in total. The highest BCUT2D eigenvalue weighted by molar-refractivity contribution is 5.78. The van der Waals surface area contributed by atoms with Crippen LogP contribution in [0.5, 0.6) is 0 Å². The number of methoxy groups -OCH3 is 1. The number of carbonyl (C=O) groups excluding carboxylic acids is 2. The van der Waals surface area contributed by atoms with Crippen LogP contribution in [0.2, 0.25) is 0 Å². The Kier molecular flexibility index (Phi) is 18.6. The Balaban J connectivity index is 2.12. The molecule has 3 rings (SSSR count). The molecule has 0 aromatic heterocycles. The summed E-state index contributed by atoms with van der Waals surface area (Å²) in [7, 11) is 6.97. The van der Waals surface area contributed by atoms with E-state index in [1.165, 1.54) is 25.9 Å². The smallest absolute Gasteiger partial charge is 0.311 e. The number of hydrogen-bond acceptors (Lipinski definition) is 16. The van der Waals surface area contributed by atoms with Crippen LogP contribution in [0.4, 0.5) is 0 Å². The molecule has 346 valence electrons. The Hall–Kier alpha value is -1.58. The van der Waals surface area contributed by atoms with E-state index in [4.69, 9.17) is 28.4 Å². The molecule has 19 atom stereocenters. The zero-order valence-electron chi connectivity index (χ0n) is 38.0. The van der Waals surface area contributed by atoms with E-state index in [1.807, 2.05) is 19.0 Å². The van der Waals surface area contributed by atoms with Crippen molar-refractivity contribution in [1.82, 2.24) is 15.1 Å². The molecule has 0 aliphatic carbocycles. The molecule has 0 radical (unpaired) electrons. The summed E-state index contributed by atoms with van der Waals surface area (Å²) in [6.07, 6.45) is -12.0. The normalized spacial score (nSPS) is 45.7. The number of nitrogens with one attached hydrogen (secondary N) is 1. The van der Waals surface area contributed by atoms with Crippen molar-refractivity contribution in [2.75, 3.05) is 47.9 Å². The molecule has 3 saturated heterocycles. The molecule has 3 fully saturated rings. The van der Waals surface area contributed by atoms with Gasteiger partial charge < -0.3 is 74.2 Å². The van der Waals surface area contributed by atoms with Gasteiger partial charge in [0.1, 0.15) is 23.9 Å². The molecular formula is C42H79N3O14. The first-order valence-corrected chi connectivity index (χ1v) is 21.4. The van der Waals surface area contributed by atoms with E-state index in [0.717, 1.165) is 6.54 Å². The van der Waals surface area contributed by atoms with Gasteiger partial charge in [0.25, 0.3) is 0 Å². The molecule has 3 aliphatic rings. The number of amides is 1. The van der Waals surface area contributed by atoms with Gasteiger partial charge >= 0.3 is 5.97 Å². The van der Waals surface area contributed by atoms with Crippen LogP contribution in [0, 0.1) is 23.7 Å². The zero-order chi connectivity index (χ0) is 44.9. The average Bonchev–Trinajstić information content (AvgIpc) is 3.16. The maximum absolute atomic E-state index is 14.2. The molecule has 59 heavy (non-hydrogen) atoms. The van der Waals surface area contributed by atoms with Crippen molar-refractivity contribution in [1.29, 1.82) is 0 Å². The molecule has 0 unspecified atom stereocenters. The quantitative estimate of drug-likeness (QED) is 0.106. The second-order valence-corrected chi connectivity index (χ2v) is 18.7. The Bertz CT molecular complexity index is 1340. The second kappa shape index (κ2) is 21.2. The van der Waals surface area contributed by atoms with Crippen LogP contribution < -0.4 is 5.32 Å². The lowest BCUT2D eigenvalue weighted by molar-refractivity contribution is -0.318. The lowest BCUT2D eigenvalue weighted by Crippen LogP contribution is -2.62. The fraction of sp³-hybridized carbons (Fsp3) is 0.952. The SMILES string of the molecule is CC[C@H]1OC(=O)[C@H](C)[C@@H](O[C@H]2C[C@@](C)(OC)[C@@H](O)[C@H](C)O2)[C@H](C)[C@@H](O[C@H]2O[C@@H](C)C[C@@H](N(C)C(=O)CNCCN(C)C)[C@@H]2O)[C@](C)(O)C[C@@H](C)[C@H](O)[C@H](C)[C@@H](O)[C@]1(C)O. The molecule has 1 amide bonds. The minimum absolute atomic E-state index is 0.0539. The van der Waals surface area contributed by atoms with E-state index >= 15 is 0 Å². The van der Waals surface area contributed by atoms with Gasteiger partial charge in [-0.25, -0.2) is 0 Å². The van der Waals surface area contributed by atoms with E-state index in [2.05, 4.69) is 5.32 Å². The third-order valence-corrected chi connectivity index (χ3v) is 13.3. The minimum atomic E-state index is -1.97. The van der Waals surface area contributed by atoms with E-state index in [1.54, 1.807) is 62.4 Å². The molecule has 0 aromatic rings. The topological polar surface area (TPSA) is 229 Å². The standard InChI is InChI=1S/C42H79N3O14/c1-15-29-42(10,53)35(49)24(4)32(47)22(2)19-40(8,52)37(59-39-33(48)28(18-23(3)55-39)45(13)30(46)21-43-16-17-44(11)12)25(5)34(26(6)38(51)57-29)58-31-20-41(9,54-14)36(50)27(7)56-31/h22-29,31-37,39,43,47-50,52-53H,15-21H2,1-14H3/t22-,23+,24+,25+,26-,27+,28-,29-,31+,32+,33+,34+,35-,36+,37-,39-,40-,41-,42-/m1/s1. The van der Waals surface area contributed by atoms with Gasteiger partial charge in [-0.1, -0.05) is 27.7 Å². The van der Waals surface area contributed by atoms with Crippen molar-refractivity contribution >= 4 is 11.9 Å². The fourth-order valence-electron chi connectivity index (χ4n) is 9.27. The summed E-state index contributed by atoms with van der Waals surface area (Å²) in [5.74, 6) is -4.65. The highest BCUT2D eigenvalue weighted by atomic mass is 16.7. The van der Waals surface area contributed by atoms with Crippen molar-refractivity contribution in [3.63, 3.8) is 0 Å². The Morgan fingerprint density at radius 3 is 2.10 bits per heavy atom. The molecule has 0 spiro atoms. The summed E-state index contributed by atoms with van der Waals surface area (Å²) < 4.78 is 37.4. The van der Waals surface area contributed by atoms with Crippen molar-refractivity contribution in [3.8, 4) is 0 Å². The van der Waals surface area contributed by atoms with Crippen LogP contribution in [-0.4, -0.2) is 191 Å². The van der Waals surface area contributed by atoms with Crippen LogP contribution in [0.25, 0.3) is 0 Å². The number of cyclic esters (lactones) is 1. The number of aliphatic hydroxyl groups is 6. The molecule has 0 bridgehead atoms. The molecule has 3 aliphatic heterocycles. The Labute approximate surface area is 352 Å². The van der Waals surface area contributed by atoms with E-state index in [0.29, 0.717) is 13.0 Å². The summed E-state index contributed by atoms with van der Waals surface area (Å²) in [6.45, 7) is 17.8. The monoisotopic (exact) mass is 850 g/mol. The average molecular weight is 850 g/mol. The lowest BCUT2D eigenvalue weighted by atomic mass is 9.73. The Morgan fingerprint density at radius 1 is 0.898 bits per heavy atom. The summed E-state index contributed by atoms with van der Waals surface area (Å²) >= 11 is 0. The summed E-state index contributed by atoms with van der Waals surface area (Å²) in [5.41, 5.74) is -4.88. The van der Waals surface area contributed by atoms with Crippen molar-refractivity contribution in [2.24, 2.45) is 23.7 Å². The predicted molar refractivity (Wildman–Crippen MR) is 218 cm³/mol. The predicted octanol–water partition coefficient (Wildman–Crippen LogP) is 0.625. The number of nitrogens with zero attached hydrogens (tertiary/aromatic N) is 2. The van der Waals surface area contributed by atoms with Gasteiger partial charge in [0.05, 0.1) is 66.3 Å². The molecule has 0 saturated carbocycles. The third kappa shape index (κ3) is 12.3. The number of ether oxygens (including phenoxy) is 6. The van der Waals surface area contributed by atoms with E-state index < -0.39 is 120 Å².